The van der Waals surface area contributed by atoms with Gasteiger partial charge in [-0.05, 0) is 38.6 Å². The molecule has 19 heavy (non-hydrogen) atoms. The van der Waals surface area contributed by atoms with Crippen LogP contribution in [-0.2, 0) is 13.1 Å². The number of hydrogen-bond acceptors (Lipinski definition) is 3. The summed E-state index contributed by atoms with van der Waals surface area (Å²) < 4.78 is 2.00. The molecule has 102 valence electrons. The summed E-state index contributed by atoms with van der Waals surface area (Å²) in [5.41, 5.74) is 2.22. The van der Waals surface area contributed by atoms with E-state index >= 15 is 0 Å². The minimum atomic E-state index is 0.416. The molecule has 0 unspecified atom stereocenters. The fourth-order valence-corrected chi connectivity index (χ4v) is 1.98. The van der Waals surface area contributed by atoms with Crippen molar-refractivity contribution in [2.75, 3.05) is 6.54 Å². The van der Waals surface area contributed by atoms with Gasteiger partial charge >= 0.3 is 0 Å². The van der Waals surface area contributed by atoms with E-state index in [9.17, 15) is 0 Å². The van der Waals surface area contributed by atoms with Crippen LogP contribution < -0.4 is 0 Å². The third-order valence-corrected chi connectivity index (χ3v) is 3.14. The fourth-order valence-electron chi connectivity index (χ4n) is 1.98. The average molecular weight is 258 g/mol. The Hall–Kier alpha value is -1.68. The van der Waals surface area contributed by atoms with Gasteiger partial charge in [0.25, 0.3) is 0 Å². The quantitative estimate of drug-likeness (QED) is 0.799. The minimum absolute atomic E-state index is 0.416. The molecule has 0 radical (unpaired) electrons. The lowest BCUT2D eigenvalue weighted by molar-refractivity contribution is 0.263. The second-order valence-electron chi connectivity index (χ2n) is 5.01. The van der Waals surface area contributed by atoms with Crippen molar-refractivity contribution in [3.05, 3.63) is 48.0 Å². The first kappa shape index (κ1) is 13.7. The summed E-state index contributed by atoms with van der Waals surface area (Å²) in [6, 6.07) is 8.56. The molecule has 2 aromatic heterocycles. The van der Waals surface area contributed by atoms with Crippen molar-refractivity contribution in [3.63, 3.8) is 0 Å². The van der Waals surface area contributed by atoms with Gasteiger partial charge in [0.05, 0.1) is 11.4 Å². The second-order valence-corrected chi connectivity index (χ2v) is 5.01. The van der Waals surface area contributed by atoms with Crippen molar-refractivity contribution in [1.29, 1.82) is 0 Å². The van der Waals surface area contributed by atoms with Gasteiger partial charge in [0, 0.05) is 31.5 Å². The number of aromatic nitrogens is 3. The predicted octanol–water partition coefficient (Wildman–Crippen LogP) is 2.88. The van der Waals surface area contributed by atoms with E-state index in [1.807, 2.05) is 23.0 Å². The van der Waals surface area contributed by atoms with Crippen molar-refractivity contribution >= 4 is 0 Å². The van der Waals surface area contributed by atoms with E-state index in [1.54, 1.807) is 0 Å². The lowest BCUT2D eigenvalue weighted by Gasteiger charge is -2.18. The molecule has 4 heteroatoms. The van der Waals surface area contributed by atoms with Crippen LogP contribution in [0.2, 0.25) is 0 Å². The number of nitrogens with zero attached hydrogens (tertiary/aromatic N) is 4. The van der Waals surface area contributed by atoms with Gasteiger partial charge in [0.1, 0.15) is 0 Å². The van der Waals surface area contributed by atoms with Crippen molar-refractivity contribution in [1.82, 2.24) is 19.7 Å². The molecule has 0 aromatic carbocycles. The van der Waals surface area contributed by atoms with E-state index in [2.05, 4.69) is 54.1 Å². The summed E-state index contributed by atoms with van der Waals surface area (Å²) in [4.78, 5) is 6.72. The predicted molar refractivity (Wildman–Crippen MR) is 76.6 cm³/mol. The van der Waals surface area contributed by atoms with E-state index in [4.69, 9.17) is 0 Å². The molecule has 0 saturated heterocycles. The Labute approximate surface area is 115 Å². The number of rotatable bonds is 6. The van der Waals surface area contributed by atoms with Crippen LogP contribution >= 0.6 is 0 Å². The first-order valence-electron chi connectivity index (χ1n) is 6.85. The van der Waals surface area contributed by atoms with Crippen LogP contribution in [0.15, 0.2) is 36.7 Å². The Morgan fingerprint density at radius 3 is 2.53 bits per heavy atom. The van der Waals surface area contributed by atoms with Crippen LogP contribution in [0.5, 0.6) is 0 Å². The largest absolute Gasteiger partial charge is 0.292 e. The summed E-state index contributed by atoms with van der Waals surface area (Å²) in [7, 11) is 0. The van der Waals surface area contributed by atoms with Crippen LogP contribution in [0.25, 0.3) is 0 Å². The monoisotopic (exact) mass is 258 g/mol. The second kappa shape index (κ2) is 6.48. The highest BCUT2D eigenvalue weighted by Crippen LogP contribution is 2.09. The summed E-state index contributed by atoms with van der Waals surface area (Å²) in [5, 5.41) is 4.59. The van der Waals surface area contributed by atoms with Gasteiger partial charge < -0.3 is 0 Å². The normalized spacial score (nSPS) is 11.4. The molecule has 0 amide bonds. The average Bonchev–Trinajstić information content (AvgIpc) is 2.88. The highest BCUT2D eigenvalue weighted by molar-refractivity contribution is 5.04. The smallest absolute Gasteiger partial charge is 0.0765 e. The first-order valence-corrected chi connectivity index (χ1v) is 6.85. The maximum atomic E-state index is 4.59. The Morgan fingerprint density at radius 1 is 1.16 bits per heavy atom. The molecule has 0 aliphatic heterocycles. The standard InChI is InChI=1S/C15H22N4/c1-4-18(11-14-7-5-6-9-16-14)12-15-8-10-19(17-15)13(2)3/h5-10,13H,4,11-12H2,1-3H3. The molecule has 2 aromatic rings. The van der Waals surface area contributed by atoms with Gasteiger partial charge in [-0.1, -0.05) is 13.0 Å². The molecule has 0 bridgehead atoms. The zero-order valence-electron chi connectivity index (χ0n) is 12.0. The first-order chi connectivity index (χ1) is 9.19. The third-order valence-electron chi connectivity index (χ3n) is 3.14. The molecule has 0 saturated carbocycles. The number of hydrogen-bond donors (Lipinski definition) is 0. The zero-order chi connectivity index (χ0) is 13.7. The van der Waals surface area contributed by atoms with E-state index in [0.717, 1.165) is 31.0 Å². The summed E-state index contributed by atoms with van der Waals surface area (Å²) >= 11 is 0. The maximum absolute atomic E-state index is 4.59. The van der Waals surface area contributed by atoms with Crippen molar-refractivity contribution in [3.8, 4) is 0 Å². The molecule has 4 nitrogen and oxygen atoms in total. The minimum Gasteiger partial charge on any atom is -0.292 e. The van der Waals surface area contributed by atoms with Crippen molar-refractivity contribution in [2.24, 2.45) is 0 Å². The Balaban J connectivity index is 1.98. The topological polar surface area (TPSA) is 34.0 Å². The van der Waals surface area contributed by atoms with E-state index in [1.165, 1.54) is 0 Å². The zero-order valence-corrected chi connectivity index (χ0v) is 12.0. The van der Waals surface area contributed by atoms with Crippen molar-refractivity contribution in [2.45, 2.75) is 39.9 Å². The van der Waals surface area contributed by atoms with Gasteiger partial charge in [0.15, 0.2) is 0 Å². The van der Waals surface area contributed by atoms with Gasteiger partial charge in [-0.15, -0.1) is 0 Å². The molecule has 2 heterocycles. The van der Waals surface area contributed by atoms with Crippen LogP contribution in [0.1, 0.15) is 38.2 Å². The molecular formula is C15H22N4. The molecule has 0 aliphatic carbocycles. The molecular weight excluding hydrogens is 236 g/mol. The highest BCUT2D eigenvalue weighted by Gasteiger charge is 2.08. The molecule has 2 rings (SSSR count). The van der Waals surface area contributed by atoms with Gasteiger partial charge in [-0.25, -0.2) is 0 Å². The molecule has 0 atom stereocenters. The lowest BCUT2D eigenvalue weighted by Crippen LogP contribution is -2.23. The highest BCUT2D eigenvalue weighted by atomic mass is 15.3. The SMILES string of the molecule is CCN(Cc1ccccn1)Cc1ccn(C(C)C)n1. The summed E-state index contributed by atoms with van der Waals surface area (Å²) in [5.74, 6) is 0. The fraction of sp³-hybridized carbons (Fsp3) is 0.467. The van der Waals surface area contributed by atoms with Gasteiger partial charge in [-0.2, -0.15) is 5.10 Å². The van der Waals surface area contributed by atoms with E-state index in [0.29, 0.717) is 6.04 Å². The lowest BCUT2D eigenvalue weighted by atomic mass is 10.3. The van der Waals surface area contributed by atoms with Gasteiger partial charge in [-0.3, -0.25) is 14.6 Å². The Bertz CT molecular complexity index is 490. The molecule has 0 fully saturated rings. The van der Waals surface area contributed by atoms with E-state index in [-0.39, 0.29) is 0 Å². The van der Waals surface area contributed by atoms with Crippen LogP contribution in [0, 0.1) is 0 Å². The maximum Gasteiger partial charge on any atom is 0.0765 e. The third kappa shape index (κ3) is 3.89. The Morgan fingerprint density at radius 2 is 1.95 bits per heavy atom. The van der Waals surface area contributed by atoms with E-state index < -0.39 is 0 Å². The summed E-state index contributed by atoms with van der Waals surface area (Å²) in [6.45, 7) is 9.18. The van der Waals surface area contributed by atoms with Crippen molar-refractivity contribution < 1.29 is 0 Å². The Kier molecular flexibility index (Phi) is 4.68. The molecule has 0 spiro atoms. The van der Waals surface area contributed by atoms with Crippen LogP contribution in [0.3, 0.4) is 0 Å². The molecule has 0 N–H and O–H groups in total. The van der Waals surface area contributed by atoms with Gasteiger partial charge in [0.2, 0.25) is 0 Å². The number of pyridine rings is 1. The summed E-state index contributed by atoms with van der Waals surface area (Å²) in [6.07, 6.45) is 3.89. The van der Waals surface area contributed by atoms with Crippen LogP contribution in [0.4, 0.5) is 0 Å². The van der Waals surface area contributed by atoms with Crippen LogP contribution in [-0.4, -0.2) is 26.2 Å². The molecule has 0 aliphatic rings.